The number of carboxylic acid groups (broad SMARTS) is 1. The smallest absolute Gasteiger partial charge is 0.303 e. The number of benzene rings is 2. The average molecular weight is 412 g/mol. The minimum Gasteiger partial charge on any atom is -0.490 e. The third-order valence-electron chi connectivity index (χ3n) is 5.87. The van der Waals surface area contributed by atoms with Crippen LogP contribution >= 0.6 is 0 Å². The van der Waals surface area contributed by atoms with Crippen molar-refractivity contribution in [3.63, 3.8) is 0 Å². The largest absolute Gasteiger partial charge is 0.490 e. The van der Waals surface area contributed by atoms with Crippen molar-refractivity contribution < 1.29 is 23.4 Å². The third-order valence-corrected chi connectivity index (χ3v) is 5.87. The first-order valence-corrected chi connectivity index (χ1v) is 10.1. The molecule has 2 aromatic carbocycles. The van der Waals surface area contributed by atoms with E-state index in [0.717, 1.165) is 24.8 Å². The summed E-state index contributed by atoms with van der Waals surface area (Å²) in [4.78, 5) is 12.7. The topological polar surface area (TPSA) is 73.6 Å². The van der Waals surface area contributed by atoms with Crippen LogP contribution in [0.25, 0.3) is 0 Å². The van der Waals surface area contributed by atoms with E-state index in [9.17, 15) is 18.8 Å². The molecule has 1 fully saturated rings. The SMILES string of the molecule is N#Cc1c(F)cc(OC2CCC2)cc1N1CCc2c(ccc(CCC(=O)O)c2F)C1. The van der Waals surface area contributed by atoms with Crippen LogP contribution in [0.5, 0.6) is 5.75 Å². The molecule has 0 unspecified atom stereocenters. The molecule has 156 valence electrons. The van der Waals surface area contributed by atoms with Crippen molar-refractivity contribution in [2.24, 2.45) is 0 Å². The summed E-state index contributed by atoms with van der Waals surface area (Å²) in [5.74, 6) is -1.53. The number of rotatable bonds is 6. The molecule has 1 aliphatic heterocycles. The number of ether oxygens (including phenoxy) is 1. The van der Waals surface area contributed by atoms with E-state index in [1.54, 1.807) is 18.2 Å². The fraction of sp³-hybridized carbons (Fsp3) is 0.391. The van der Waals surface area contributed by atoms with Gasteiger partial charge in [-0.25, -0.2) is 8.78 Å². The second kappa shape index (κ2) is 8.31. The van der Waals surface area contributed by atoms with Crippen LogP contribution in [-0.2, 0) is 24.2 Å². The Balaban J connectivity index is 1.60. The number of fused-ring (bicyclic) bond motifs is 1. The van der Waals surface area contributed by atoms with E-state index >= 15 is 0 Å². The maximum absolute atomic E-state index is 14.9. The van der Waals surface area contributed by atoms with Crippen LogP contribution in [0.15, 0.2) is 24.3 Å². The van der Waals surface area contributed by atoms with Crippen molar-refractivity contribution in [3.05, 3.63) is 58.2 Å². The Kier molecular flexibility index (Phi) is 5.58. The molecule has 1 saturated carbocycles. The first kappa shape index (κ1) is 20.1. The Hall–Kier alpha value is -3.14. The van der Waals surface area contributed by atoms with E-state index in [1.807, 2.05) is 11.0 Å². The molecule has 7 heteroatoms. The molecule has 2 aromatic rings. The van der Waals surface area contributed by atoms with Gasteiger partial charge in [0.15, 0.2) is 0 Å². The molecule has 5 nitrogen and oxygen atoms in total. The predicted octanol–water partition coefficient (Wildman–Crippen LogP) is 4.35. The third kappa shape index (κ3) is 3.95. The normalized spacial score (nSPS) is 15.8. The van der Waals surface area contributed by atoms with Crippen LogP contribution in [0.2, 0.25) is 0 Å². The summed E-state index contributed by atoms with van der Waals surface area (Å²) in [6, 6.07) is 8.30. The molecule has 0 bridgehead atoms. The van der Waals surface area contributed by atoms with E-state index in [4.69, 9.17) is 9.84 Å². The maximum Gasteiger partial charge on any atom is 0.303 e. The molecule has 0 spiro atoms. The number of aryl methyl sites for hydroxylation is 1. The van der Waals surface area contributed by atoms with Crippen LogP contribution < -0.4 is 9.64 Å². The molecule has 4 rings (SSSR count). The van der Waals surface area contributed by atoms with Crippen molar-refractivity contribution in [1.29, 1.82) is 5.26 Å². The number of aliphatic carboxylic acids is 1. The predicted molar refractivity (Wildman–Crippen MR) is 106 cm³/mol. The highest BCUT2D eigenvalue weighted by Gasteiger charge is 2.26. The van der Waals surface area contributed by atoms with E-state index in [2.05, 4.69) is 0 Å². The summed E-state index contributed by atoms with van der Waals surface area (Å²) in [5.41, 5.74) is 2.12. The van der Waals surface area contributed by atoms with Crippen molar-refractivity contribution in [1.82, 2.24) is 0 Å². The Labute approximate surface area is 173 Å². The van der Waals surface area contributed by atoms with Crippen molar-refractivity contribution in [2.45, 2.75) is 51.2 Å². The molecule has 30 heavy (non-hydrogen) atoms. The van der Waals surface area contributed by atoms with Gasteiger partial charge in [0.25, 0.3) is 0 Å². The molecular weight excluding hydrogens is 390 g/mol. The second-order valence-corrected chi connectivity index (χ2v) is 7.82. The Morgan fingerprint density at radius 2 is 2.10 bits per heavy atom. The highest BCUT2D eigenvalue weighted by atomic mass is 19.1. The van der Waals surface area contributed by atoms with Gasteiger partial charge in [0, 0.05) is 31.6 Å². The Bertz CT molecular complexity index is 1030. The Morgan fingerprint density at radius 1 is 1.30 bits per heavy atom. The molecule has 0 saturated heterocycles. The monoisotopic (exact) mass is 412 g/mol. The van der Waals surface area contributed by atoms with Gasteiger partial charge in [-0.3, -0.25) is 4.79 Å². The number of hydrogen-bond donors (Lipinski definition) is 1. The van der Waals surface area contributed by atoms with E-state index < -0.39 is 11.8 Å². The van der Waals surface area contributed by atoms with Crippen molar-refractivity contribution >= 4 is 11.7 Å². The Morgan fingerprint density at radius 3 is 2.77 bits per heavy atom. The molecular formula is C23H22F2N2O3. The number of carboxylic acids is 1. The van der Waals surface area contributed by atoms with Crippen LogP contribution in [0.3, 0.4) is 0 Å². The van der Waals surface area contributed by atoms with Crippen LogP contribution in [0.1, 0.15) is 47.9 Å². The fourth-order valence-electron chi connectivity index (χ4n) is 3.98. The van der Waals surface area contributed by atoms with Gasteiger partial charge in [-0.2, -0.15) is 5.26 Å². The maximum atomic E-state index is 14.9. The van der Waals surface area contributed by atoms with E-state index in [-0.39, 0.29) is 30.3 Å². The van der Waals surface area contributed by atoms with Gasteiger partial charge in [-0.15, -0.1) is 0 Å². The molecule has 0 radical (unpaired) electrons. The van der Waals surface area contributed by atoms with E-state index in [1.165, 1.54) is 6.07 Å². The van der Waals surface area contributed by atoms with Gasteiger partial charge in [-0.1, -0.05) is 12.1 Å². The molecule has 0 atom stereocenters. The number of carbonyl (C=O) groups is 1. The quantitative estimate of drug-likeness (QED) is 0.764. The van der Waals surface area contributed by atoms with Gasteiger partial charge in [0.1, 0.15) is 29.0 Å². The lowest BCUT2D eigenvalue weighted by atomic mass is 9.94. The number of hydrogen-bond acceptors (Lipinski definition) is 4. The summed E-state index contributed by atoms with van der Waals surface area (Å²) in [6.07, 6.45) is 3.48. The van der Waals surface area contributed by atoms with Gasteiger partial charge in [0.2, 0.25) is 0 Å². The lowest BCUT2D eigenvalue weighted by Gasteiger charge is -2.33. The molecule has 0 aromatic heterocycles. The van der Waals surface area contributed by atoms with Crippen LogP contribution in [0.4, 0.5) is 14.5 Å². The molecule has 1 aliphatic carbocycles. The second-order valence-electron chi connectivity index (χ2n) is 7.82. The van der Waals surface area contributed by atoms with Gasteiger partial charge < -0.3 is 14.7 Å². The van der Waals surface area contributed by atoms with Crippen LogP contribution in [-0.4, -0.2) is 23.7 Å². The van der Waals surface area contributed by atoms with E-state index in [0.29, 0.717) is 42.1 Å². The number of nitrogens with zero attached hydrogens (tertiary/aromatic N) is 2. The lowest BCUT2D eigenvalue weighted by molar-refractivity contribution is -0.136. The van der Waals surface area contributed by atoms with Crippen molar-refractivity contribution in [2.75, 3.05) is 11.4 Å². The fourth-order valence-corrected chi connectivity index (χ4v) is 3.98. The van der Waals surface area contributed by atoms with Crippen molar-refractivity contribution in [3.8, 4) is 11.8 Å². The number of anilines is 1. The first-order chi connectivity index (χ1) is 14.5. The molecule has 1 N–H and O–H groups in total. The summed E-state index contributed by atoms with van der Waals surface area (Å²) < 4.78 is 35.2. The van der Waals surface area contributed by atoms with Crippen LogP contribution in [0, 0.1) is 23.0 Å². The first-order valence-electron chi connectivity index (χ1n) is 10.1. The van der Waals surface area contributed by atoms with Gasteiger partial charge >= 0.3 is 5.97 Å². The minimum atomic E-state index is -0.964. The average Bonchev–Trinajstić information content (AvgIpc) is 2.69. The zero-order chi connectivity index (χ0) is 21.3. The summed E-state index contributed by atoms with van der Waals surface area (Å²) >= 11 is 0. The highest BCUT2D eigenvalue weighted by Crippen LogP contribution is 2.35. The lowest BCUT2D eigenvalue weighted by Crippen LogP contribution is -2.32. The number of nitriles is 1. The zero-order valence-electron chi connectivity index (χ0n) is 16.5. The summed E-state index contributed by atoms with van der Waals surface area (Å²) in [6.45, 7) is 0.764. The molecule has 0 amide bonds. The standard InChI is InChI=1S/C23H22F2N2O3/c24-20-10-17(30-16-2-1-3-16)11-21(19(20)12-26)27-9-8-18-15(13-27)5-4-14(23(18)25)6-7-22(28)29/h4-5,10-11,16H,1-3,6-9,13H2,(H,28,29). The minimum absolute atomic E-state index is 0.0436. The summed E-state index contributed by atoms with van der Waals surface area (Å²) in [5, 5.41) is 18.3. The molecule has 1 heterocycles. The van der Waals surface area contributed by atoms with Gasteiger partial charge in [0.05, 0.1) is 11.8 Å². The summed E-state index contributed by atoms with van der Waals surface area (Å²) in [7, 11) is 0. The molecule has 2 aliphatic rings. The van der Waals surface area contributed by atoms with Gasteiger partial charge in [-0.05, 0) is 48.8 Å². The zero-order valence-corrected chi connectivity index (χ0v) is 16.5. The number of halogens is 2. The highest BCUT2D eigenvalue weighted by molar-refractivity contribution is 5.67.